The zero-order valence-corrected chi connectivity index (χ0v) is 11.3. The first-order valence-electron chi connectivity index (χ1n) is 5.65. The molecule has 0 aliphatic heterocycles. The van der Waals surface area contributed by atoms with E-state index in [2.05, 4.69) is 0 Å². The lowest BCUT2D eigenvalue weighted by atomic mass is 10.1. The SMILES string of the molecule is Cc1cccc([N+](=O)[O-])c1N(N)C(=O)OC(C)(C)C. The van der Waals surface area contributed by atoms with Crippen molar-refractivity contribution in [2.24, 2.45) is 5.84 Å². The van der Waals surface area contributed by atoms with Crippen LogP contribution in [-0.2, 0) is 4.74 Å². The molecule has 0 aliphatic carbocycles. The van der Waals surface area contributed by atoms with Gasteiger partial charge in [-0.15, -0.1) is 0 Å². The maximum atomic E-state index is 11.8. The van der Waals surface area contributed by atoms with Gasteiger partial charge < -0.3 is 4.74 Å². The van der Waals surface area contributed by atoms with Crippen molar-refractivity contribution in [1.82, 2.24) is 0 Å². The van der Waals surface area contributed by atoms with E-state index in [1.807, 2.05) is 0 Å². The van der Waals surface area contributed by atoms with Crippen molar-refractivity contribution in [3.8, 4) is 0 Å². The quantitative estimate of drug-likeness (QED) is 0.384. The predicted molar refractivity (Wildman–Crippen MR) is 70.7 cm³/mol. The van der Waals surface area contributed by atoms with Crippen LogP contribution in [0.4, 0.5) is 16.2 Å². The van der Waals surface area contributed by atoms with Gasteiger partial charge in [0, 0.05) is 6.07 Å². The summed E-state index contributed by atoms with van der Waals surface area (Å²) in [5, 5.41) is 11.6. The number of para-hydroxylation sites is 1. The minimum absolute atomic E-state index is 0.0294. The number of nitrogens with zero attached hydrogens (tertiary/aromatic N) is 2. The summed E-state index contributed by atoms with van der Waals surface area (Å²) < 4.78 is 5.08. The van der Waals surface area contributed by atoms with Gasteiger partial charge in [-0.2, -0.15) is 0 Å². The zero-order valence-electron chi connectivity index (χ0n) is 11.3. The lowest BCUT2D eigenvalue weighted by Crippen LogP contribution is -2.42. The highest BCUT2D eigenvalue weighted by Gasteiger charge is 2.27. The van der Waals surface area contributed by atoms with E-state index in [9.17, 15) is 14.9 Å². The second-order valence-corrected chi connectivity index (χ2v) is 5.05. The molecule has 104 valence electrons. The normalized spacial score (nSPS) is 11.0. The summed E-state index contributed by atoms with van der Waals surface area (Å²) in [7, 11) is 0. The van der Waals surface area contributed by atoms with Gasteiger partial charge in [-0.25, -0.2) is 15.6 Å². The van der Waals surface area contributed by atoms with Crippen molar-refractivity contribution in [1.29, 1.82) is 0 Å². The molecule has 0 aromatic heterocycles. The second-order valence-electron chi connectivity index (χ2n) is 5.05. The molecule has 7 heteroatoms. The molecule has 19 heavy (non-hydrogen) atoms. The number of hydrogen-bond acceptors (Lipinski definition) is 5. The summed E-state index contributed by atoms with van der Waals surface area (Å²) >= 11 is 0. The number of nitrogens with two attached hydrogens (primary N) is 1. The number of anilines is 1. The van der Waals surface area contributed by atoms with E-state index < -0.39 is 16.6 Å². The number of amides is 1. The topological polar surface area (TPSA) is 98.7 Å². The molecule has 0 fully saturated rings. The fraction of sp³-hybridized carbons (Fsp3) is 0.417. The Morgan fingerprint density at radius 2 is 2.00 bits per heavy atom. The van der Waals surface area contributed by atoms with Crippen LogP contribution in [0, 0.1) is 17.0 Å². The van der Waals surface area contributed by atoms with Gasteiger partial charge in [0.2, 0.25) is 0 Å². The van der Waals surface area contributed by atoms with Gasteiger partial charge in [0.05, 0.1) is 4.92 Å². The number of aryl methyl sites for hydroxylation is 1. The van der Waals surface area contributed by atoms with Crippen LogP contribution in [0.25, 0.3) is 0 Å². The number of nitro benzene ring substituents is 1. The number of nitro groups is 1. The number of carbonyl (C=O) groups is 1. The van der Waals surface area contributed by atoms with Gasteiger partial charge in [0.1, 0.15) is 11.3 Å². The Bertz CT molecular complexity index is 508. The van der Waals surface area contributed by atoms with Crippen molar-refractivity contribution in [2.45, 2.75) is 33.3 Å². The average Bonchev–Trinajstić information content (AvgIpc) is 2.25. The Balaban J connectivity index is 3.16. The molecule has 1 amide bonds. The molecule has 0 saturated heterocycles. The third kappa shape index (κ3) is 3.65. The highest BCUT2D eigenvalue weighted by molar-refractivity contribution is 5.90. The Labute approximate surface area is 111 Å². The van der Waals surface area contributed by atoms with Crippen molar-refractivity contribution < 1.29 is 14.5 Å². The van der Waals surface area contributed by atoms with Gasteiger partial charge in [0.15, 0.2) is 0 Å². The van der Waals surface area contributed by atoms with E-state index in [0.717, 1.165) is 0 Å². The number of carbonyl (C=O) groups excluding carboxylic acids is 1. The van der Waals surface area contributed by atoms with E-state index in [1.165, 1.54) is 12.1 Å². The molecular formula is C12H17N3O4. The molecular weight excluding hydrogens is 250 g/mol. The zero-order chi connectivity index (χ0) is 14.8. The summed E-state index contributed by atoms with van der Waals surface area (Å²) in [4.78, 5) is 22.2. The van der Waals surface area contributed by atoms with E-state index in [1.54, 1.807) is 33.8 Å². The lowest BCUT2D eigenvalue weighted by Gasteiger charge is -2.24. The summed E-state index contributed by atoms with van der Waals surface area (Å²) in [6.07, 6.45) is -0.843. The standard InChI is InChI=1S/C12H17N3O4/c1-8-6-5-7-9(15(17)18)10(8)14(13)11(16)19-12(2,3)4/h5-7H,13H2,1-4H3. The monoisotopic (exact) mass is 267 g/mol. The average molecular weight is 267 g/mol. The van der Waals surface area contributed by atoms with Crippen LogP contribution in [0.2, 0.25) is 0 Å². The van der Waals surface area contributed by atoms with E-state index >= 15 is 0 Å². The number of hydrogen-bond donors (Lipinski definition) is 1. The van der Waals surface area contributed by atoms with Crippen molar-refractivity contribution in [3.63, 3.8) is 0 Å². The third-order valence-electron chi connectivity index (χ3n) is 2.24. The van der Waals surface area contributed by atoms with Gasteiger partial charge >= 0.3 is 6.09 Å². The smallest absolute Gasteiger partial charge is 0.429 e. The molecule has 0 unspecified atom stereocenters. The van der Waals surface area contributed by atoms with E-state index in [-0.39, 0.29) is 11.4 Å². The molecule has 0 aliphatic rings. The molecule has 0 radical (unpaired) electrons. The first-order chi connectivity index (χ1) is 8.63. The van der Waals surface area contributed by atoms with Gasteiger partial charge in [-0.05, 0) is 33.3 Å². The van der Waals surface area contributed by atoms with Crippen molar-refractivity contribution in [2.75, 3.05) is 5.01 Å². The van der Waals surface area contributed by atoms with Crippen LogP contribution in [0.1, 0.15) is 26.3 Å². The number of benzene rings is 1. The Morgan fingerprint density at radius 3 is 2.47 bits per heavy atom. The minimum Gasteiger partial charge on any atom is -0.442 e. The maximum Gasteiger partial charge on any atom is 0.429 e. The molecule has 1 aromatic carbocycles. The van der Waals surface area contributed by atoms with Gasteiger partial charge in [0.25, 0.3) is 5.69 Å². The highest BCUT2D eigenvalue weighted by Crippen LogP contribution is 2.30. The highest BCUT2D eigenvalue weighted by atomic mass is 16.6. The number of ether oxygens (including phenoxy) is 1. The van der Waals surface area contributed by atoms with E-state index in [0.29, 0.717) is 10.6 Å². The maximum absolute atomic E-state index is 11.8. The second kappa shape index (κ2) is 5.23. The number of rotatable bonds is 2. The fourth-order valence-corrected chi connectivity index (χ4v) is 1.51. The van der Waals surface area contributed by atoms with Crippen LogP contribution in [0.15, 0.2) is 18.2 Å². The molecule has 0 spiro atoms. The minimum atomic E-state index is -0.843. The molecule has 0 heterocycles. The van der Waals surface area contributed by atoms with Crippen LogP contribution in [-0.4, -0.2) is 16.6 Å². The summed E-state index contributed by atoms with van der Waals surface area (Å²) in [6, 6.07) is 4.44. The Kier molecular flexibility index (Phi) is 4.10. The molecule has 7 nitrogen and oxygen atoms in total. The van der Waals surface area contributed by atoms with Crippen LogP contribution in [0.5, 0.6) is 0 Å². The molecule has 1 aromatic rings. The summed E-state index contributed by atoms with van der Waals surface area (Å²) in [5.41, 5.74) is -0.427. The molecule has 0 atom stereocenters. The first kappa shape index (κ1) is 14.9. The first-order valence-corrected chi connectivity index (χ1v) is 5.65. The molecule has 1 rings (SSSR count). The fourth-order valence-electron chi connectivity index (χ4n) is 1.51. The summed E-state index contributed by atoms with van der Waals surface area (Å²) in [5.74, 6) is 5.64. The third-order valence-corrected chi connectivity index (χ3v) is 2.24. The Morgan fingerprint density at radius 1 is 1.42 bits per heavy atom. The van der Waals surface area contributed by atoms with Gasteiger partial charge in [-0.3, -0.25) is 10.1 Å². The summed E-state index contributed by atoms with van der Waals surface area (Å²) in [6.45, 7) is 6.69. The Hall–Kier alpha value is -2.15. The van der Waals surface area contributed by atoms with Crippen LogP contribution in [0.3, 0.4) is 0 Å². The van der Waals surface area contributed by atoms with Gasteiger partial charge in [-0.1, -0.05) is 12.1 Å². The molecule has 0 saturated carbocycles. The van der Waals surface area contributed by atoms with E-state index in [4.69, 9.17) is 10.6 Å². The lowest BCUT2D eigenvalue weighted by molar-refractivity contribution is -0.384. The van der Waals surface area contributed by atoms with Crippen molar-refractivity contribution in [3.05, 3.63) is 33.9 Å². The predicted octanol–water partition coefficient (Wildman–Crippen LogP) is 2.52. The molecule has 2 N–H and O–H groups in total. The molecule has 0 bridgehead atoms. The van der Waals surface area contributed by atoms with Crippen LogP contribution < -0.4 is 10.9 Å². The van der Waals surface area contributed by atoms with Crippen molar-refractivity contribution >= 4 is 17.5 Å². The van der Waals surface area contributed by atoms with Crippen LogP contribution >= 0.6 is 0 Å². The largest absolute Gasteiger partial charge is 0.442 e. The number of hydrazine groups is 1.